The number of aliphatic hydroxyl groups is 3. The van der Waals surface area contributed by atoms with Crippen LogP contribution in [0, 0.1) is 0 Å². The van der Waals surface area contributed by atoms with Gasteiger partial charge in [-0.1, -0.05) is 33.1 Å². The van der Waals surface area contributed by atoms with E-state index in [1.54, 1.807) is 6.92 Å². The summed E-state index contributed by atoms with van der Waals surface area (Å²) in [5.41, 5.74) is 0. The number of aliphatic hydroxyl groups excluding tert-OH is 3. The highest BCUT2D eigenvalue weighted by atomic mass is 19.0. The smallest absolute Gasteiger partial charge is 0.308 e. The van der Waals surface area contributed by atoms with Crippen molar-refractivity contribution in [1.82, 2.24) is 0 Å². The first-order valence-corrected chi connectivity index (χ1v) is 6.61. The minimum Gasteiger partial charge on any atom is -0.469 e. The molecule has 0 saturated carbocycles. The summed E-state index contributed by atoms with van der Waals surface area (Å²) in [4.78, 5) is 10.2. The van der Waals surface area contributed by atoms with Crippen LogP contribution in [0.15, 0.2) is 24.8 Å². The molecule has 0 aromatic carbocycles. The standard InChI is InChI=1S/C6H10.C5H10O3.C4H10O2.2CH4.FH/c1-3-5-6-4-2;1-4(6)3-5(7)8-2;1-4(6)2-3-5;;;/h3-4,6H,1,5H2,2H3;4,6H,3H2,1-2H3;4-6H,2-3H2,1H3;2*1H4;1H/b6-4+;;;;;. The summed E-state index contributed by atoms with van der Waals surface area (Å²) in [6.07, 6.45) is 6.57. The molecule has 0 aromatic heterocycles. The fourth-order valence-electron chi connectivity index (χ4n) is 0.744. The Labute approximate surface area is 142 Å². The summed E-state index contributed by atoms with van der Waals surface area (Å²) >= 11 is 0. The lowest BCUT2D eigenvalue weighted by molar-refractivity contribution is -0.142. The molecule has 0 aliphatic carbocycles. The summed E-state index contributed by atoms with van der Waals surface area (Å²) in [5.74, 6) is -0.375. The van der Waals surface area contributed by atoms with Gasteiger partial charge in [0.15, 0.2) is 0 Å². The highest BCUT2D eigenvalue weighted by Gasteiger charge is 2.03. The Morgan fingerprint density at radius 3 is 1.78 bits per heavy atom. The molecule has 144 valence electrons. The highest BCUT2D eigenvalue weighted by Crippen LogP contribution is 1.89. The van der Waals surface area contributed by atoms with Crippen LogP contribution in [0.2, 0.25) is 0 Å². The van der Waals surface area contributed by atoms with E-state index in [1.807, 2.05) is 19.1 Å². The molecular weight excluding hydrogens is 303 g/mol. The monoisotopic (exact) mass is 342 g/mol. The van der Waals surface area contributed by atoms with Crippen LogP contribution in [-0.2, 0) is 9.53 Å². The molecule has 0 aliphatic heterocycles. The molecule has 3 N–H and O–H groups in total. The highest BCUT2D eigenvalue weighted by molar-refractivity contribution is 5.69. The maximum Gasteiger partial charge on any atom is 0.308 e. The van der Waals surface area contributed by atoms with E-state index in [2.05, 4.69) is 17.4 Å². The average molecular weight is 342 g/mol. The number of allylic oxidation sites excluding steroid dienone is 3. The van der Waals surface area contributed by atoms with Gasteiger partial charge in [0.2, 0.25) is 0 Å². The molecule has 2 atom stereocenters. The van der Waals surface area contributed by atoms with Gasteiger partial charge < -0.3 is 20.1 Å². The lowest BCUT2D eigenvalue weighted by atomic mass is 10.3. The van der Waals surface area contributed by atoms with Crippen molar-refractivity contribution in [2.24, 2.45) is 0 Å². The minimum atomic E-state index is -0.595. The van der Waals surface area contributed by atoms with Crippen LogP contribution in [0.5, 0.6) is 0 Å². The first kappa shape index (κ1) is 37.8. The minimum absolute atomic E-state index is 0. The van der Waals surface area contributed by atoms with Crippen molar-refractivity contribution in [3.63, 3.8) is 0 Å². The van der Waals surface area contributed by atoms with Gasteiger partial charge in [0, 0.05) is 6.61 Å². The second kappa shape index (κ2) is 32.6. The molecule has 0 spiro atoms. The lowest BCUT2D eigenvalue weighted by Crippen LogP contribution is -2.10. The molecule has 0 fully saturated rings. The SMILES string of the molecule is C.C.C=CC/C=C/C.CC(O)CCO.COC(=O)CC(C)O.F. The first-order chi connectivity index (χ1) is 9.35. The molecule has 0 radical (unpaired) electrons. The van der Waals surface area contributed by atoms with Gasteiger partial charge in [-0.15, -0.1) is 6.58 Å². The number of rotatable bonds is 6. The zero-order valence-electron chi connectivity index (χ0n) is 13.5. The summed E-state index contributed by atoms with van der Waals surface area (Å²) in [5, 5.41) is 25.0. The maximum absolute atomic E-state index is 10.2. The van der Waals surface area contributed by atoms with Crippen molar-refractivity contribution in [1.29, 1.82) is 0 Å². The number of carbonyl (C=O) groups excluding carboxylic acids is 1. The van der Waals surface area contributed by atoms with Crippen molar-refractivity contribution in [3.8, 4) is 0 Å². The van der Waals surface area contributed by atoms with Crippen molar-refractivity contribution < 1.29 is 29.6 Å². The normalized spacial score (nSPS) is 10.7. The Balaban J connectivity index is -0.0000000448. The molecule has 0 saturated heterocycles. The van der Waals surface area contributed by atoms with Crippen LogP contribution in [0.1, 0.15) is 54.9 Å². The van der Waals surface area contributed by atoms with E-state index in [9.17, 15) is 4.79 Å². The fourth-order valence-corrected chi connectivity index (χ4v) is 0.744. The molecule has 2 unspecified atom stereocenters. The van der Waals surface area contributed by atoms with Crippen molar-refractivity contribution >= 4 is 5.97 Å². The van der Waals surface area contributed by atoms with E-state index < -0.39 is 6.10 Å². The Kier molecular flexibility index (Phi) is 53.6. The van der Waals surface area contributed by atoms with E-state index in [-0.39, 0.29) is 44.7 Å². The van der Waals surface area contributed by atoms with Gasteiger partial charge in [-0.05, 0) is 33.6 Å². The average Bonchev–Trinajstić information content (AvgIpc) is 2.36. The van der Waals surface area contributed by atoms with Gasteiger partial charge in [-0.3, -0.25) is 9.50 Å². The van der Waals surface area contributed by atoms with E-state index in [1.165, 1.54) is 14.0 Å². The summed E-state index contributed by atoms with van der Waals surface area (Å²) < 4.78 is 4.26. The Morgan fingerprint density at radius 1 is 1.22 bits per heavy atom. The molecule has 0 amide bonds. The van der Waals surface area contributed by atoms with E-state index in [0.29, 0.717) is 6.42 Å². The zero-order chi connectivity index (χ0) is 16.4. The largest absolute Gasteiger partial charge is 0.469 e. The fraction of sp³-hybridized carbons (Fsp3) is 0.706. The topological polar surface area (TPSA) is 87.0 Å². The van der Waals surface area contributed by atoms with E-state index in [0.717, 1.165) is 6.42 Å². The predicted octanol–water partition coefficient (Wildman–Crippen LogP) is 3.24. The molecule has 23 heavy (non-hydrogen) atoms. The van der Waals surface area contributed by atoms with Crippen molar-refractivity contribution in [2.75, 3.05) is 13.7 Å². The van der Waals surface area contributed by atoms with Crippen molar-refractivity contribution in [3.05, 3.63) is 24.8 Å². The van der Waals surface area contributed by atoms with Crippen LogP contribution in [0.4, 0.5) is 4.70 Å². The zero-order valence-corrected chi connectivity index (χ0v) is 13.5. The van der Waals surface area contributed by atoms with Crippen LogP contribution >= 0.6 is 0 Å². The number of hydrogen-bond donors (Lipinski definition) is 3. The quantitative estimate of drug-likeness (QED) is 0.509. The van der Waals surface area contributed by atoms with Gasteiger partial charge in [-0.25, -0.2) is 0 Å². The number of hydrogen-bond acceptors (Lipinski definition) is 5. The van der Waals surface area contributed by atoms with E-state index in [4.69, 9.17) is 15.3 Å². The predicted molar refractivity (Wildman–Crippen MR) is 97.3 cm³/mol. The molecule has 6 heteroatoms. The van der Waals surface area contributed by atoms with Gasteiger partial charge in [0.1, 0.15) is 0 Å². The molecule has 0 bridgehead atoms. The van der Waals surface area contributed by atoms with Gasteiger partial charge in [0.25, 0.3) is 0 Å². The maximum atomic E-state index is 10.2. The summed E-state index contributed by atoms with van der Waals surface area (Å²) in [6.45, 7) is 8.82. The Morgan fingerprint density at radius 2 is 1.70 bits per heavy atom. The first-order valence-electron chi connectivity index (χ1n) is 6.61. The second-order valence-corrected chi connectivity index (χ2v) is 4.08. The molecular formula is C17H39FO5. The van der Waals surface area contributed by atoms with Crippen LogP contribution in [-0.4, -0.2) is 47.2 Å². The number of methoxy groups -OCH3 is 1. The Bertz CT molecular complexity index is 241. The molecule has 5 nitrogen and oxygen atoms in total. The Hall–Kier alpha value is -1.24. The molecule has 0 heterocycles. The molecule has 0 aromatic rings. The number of carbonyl (C=O) groups is 1. The summed E-state index contributed by atoms with van der Waals surface area (Å²) in [7, 11) is 1.30. The lowest BCUT2D eigenvalue weighted by Gasteiger charge is -1.99. The third-order valence-electron chi connectivity index (χ3n) is 1.78. The van der Waals surface area contributed by atoms with Crippen LogP contribution < -0.4 is 0 Å². The number of halogens is 1. The van der Waals surface area contributed by atoms with Crippen molar-refractivity contribution in [2.45, 2.75) is 67.1 Å². The van der Waals surface area contributed by atoms with E-state index >= 15 is 0 Å². The number of esters is 1. The molecule has 0 aliphatic rings. The second-order valence-electron chi connectivity index (χ2n) is 4.08. The summed E-state index contributed by atoms with van der Waals surface area (Å²) in [6, 6.07) is 0. The van der Waals surface area contributed by atoms with Crippen LogP contribution in [0.25, 0.3) is 0 Å². The molecule has 0 rings (SSSR count). The third kappa shape index (κ3) is 63.1. The van der Waals surface area contributed by atoms with Gasteiger partial charge in [0.05, 0.1) is 25.7 Å². The number of ether oxygens (including phenoxy) is 1. The van der Waals surface area contributed by atoms with Crippen LogP contribution in [0.3, 0.4) is 0 Å². The third-order valence-corrected chi connectivity index (χ3v) is 1.78. The van der Waals surface area contributed by atoms with Gasteiger partial charge in [-0.2, -0.15) is 0 Å². The van der Waals surface area contributed by atoms with Gasteiger partial charge >= 0.3 is 5.97 Å².